The van der Waals surface area contributed by atoms with E-state index in [9.17, 15) is 0 Å². The minimum Gasteiger partial charge on any atom is -0.352 e. The highest BCUT2D eigenvalue weighted by Gasteiger charge is 2.06. The fourth-order valence-electron chi connectivity index (χ4n) is 2.11. The molecule has 2 aromatic rings. The highest BCUT2D eigenvalue weighted by Crippen LogP contribution is 2.21. The highest BCUT2D eigenvalue weighted by atomic mass is 15.2. The van der Waals surface area contributed by atoms with Gasteiger partial charge in [0.15, 0.2) is 0 Å². The summed E-state index contributed by atoms with van der Waals surface area (Å²) in [6.07, 6.45) is 1.04. The summed E-state index contributed by atoms with van der Waals surface area (Å²) in [5.74, 6) is 1.50. The van der Waals surface area contributed by atoms with Crippen LogP contribution in [0.5, 0.6) is 0 Å². The Labute approximate surface area is 127 Å². The predicted molar refractivity (Wildman–Crippen MR) is 89.3 cm³/mol. The van der Waals surface area contributed by atoms with Crippen LogP contribution < -0.4 is 10.6 Å². The zero-order chi connectivity index (χ0) is 15.4. The first-order valence-corrected chi connectivity index (χ1v) is 7.44. The van der Waals surface area contributed by atoms with Crippen LogP contribution in [0.15, 0.2) is 24.3 Å². The van der Waals surface area contributed by atoms with Crippen molar-refractivity contribution in [2.75, 3.05) is 10.6 Å². The first-order valence-electron chi connectivity index (χ1n) is 7.44. The lowest BCUT2D eigenvalue weighted by Gasteiger charge is -2.14. The molecule has 0 bridgehead atoms. The molecule has 4 nitrogen and oxygen atoms in total. The Morgan fingerprint density at radius 2 is 1.86 bits per heavy atom. The molecule has 1 aromatic carbocycles. The number of rotatable bonds is 5. The maximum absolute atomic E-state index is 4.55. The van der Waals surface area contributed by atoms with E-state index in [1.165, 1.54) is 11.1 Å². The van der Waals surface area contributed by atoms with Crippen LogP contribution in [0.25, 0.3) is 0 Å². The molecular formula is C17H24N4. The van der Waals surface area contributed by atoms with Crippen molar-refractivity contribution in [3.63, 3.8) is 0 Å². The summed E-state index contributed by atoms with van der Waals surface area (Å²) >= 11 is 0. The van der Waals surface area contributed by atoms with Crippen LogP contribution in [-0.2, 0) is 0 Å². The Morgan fingerprint density at radius 1 is 1.10 bits per heavy atom. The largest absolute Gasteiger partial charge is 0.352 e. The van der Waals surface area contributed by atoms with Crippen molar-refractivity contribution in [2.45, 2.75) is 47.1 Å². The molecule has 0 fully saturated rings. The smallest absolute Gasteiger partial charge is 0.225 e. The molecule has 4 heteroatoms. The number of nitrogens with one attached hydrogen (secondary N) is 2. The van der Waals surface area contributed by atoms with Gasteiger partial charge in [0, 0.05) is 23.5 Å². The third-order valence-electron chi connectivity index (χ3n) is 3.49. The van der Waals surface area contributed by atoms with Crippen molar-refractivity contribution < 1.29 is 0 Å². The number of aryl methyl sites for hydroxylation is 3. The summed E-state index contributed by atoms with van der Waals surface area (Å²) in [7, 11) is 0. The zero-order valence-corrected chi connectivity index (χ0v) is 13.5. The van der Waals surface area contributed by atoms with Crippen molar-refractivity contribution in [1.29, 1.82) is 0 Å². The Hall–Kier alpha value is -2.10. The summed E-state index contributed by atoms with van der Waals surface area (Å²) in [6, 6.07) is 8.67. The molecule has 0 aliphatic heterocycles. The molecular weight excluding hydrogens is 260 g/mol. The number of benzene rings is 1. The van der Waals surface area contributed by atoms with Gasteiger partial charge in [0.2, 0.25) is 5.95 Å². The third-order valence-corrected chi connectivity index (χ3v) is 3.49. The number of nitrogens with zero attached hydrogens (tertiary/aromatic N) is 2. The molecule has 1 heterocycles. The van der Waals surface area contributed by atoms with Crippen molar-refractivity contribution >= 4 is 17.5 Å². The average Bonchev–Trinajstić information content (AvgIpc) is 2.41. The molecule has 0 saturated heterocycles. The topological polar surface area (TPSA) is 49.8 Å². The average molecular weight is 284 g/mol. The van der Waals surface area contributed by atoms with E-state index in [4.69, 9.17) is 0 Å². The van der Waals surface area contributed by atoms with E-state index in [2.05, 4.69) is 66.5 Å². The quantitative estimate of drug-likeness (QED) is 0.856. The molecule has 1 unspecified atom stereocenters. The second-order valence-corrected chi connectivity index (χ2v) is 5.62. The lowest BCUT2D eigenvalue weighted by Crippen LogP contribution is -2.16. The van der Waals surface area contributed by atoms with Gasteiger partial charge in [0.25, 0.3) is 0 Å². The molecule has 1 atom stereocenters. The Kier molecular flexibility index (Phi) is 4.78. The number of hydrogen-bond donors (Lipinski definition) is 2. The molecule has 0 aliphatic rings. The molecule has 0 amide bonds. The minimum atomic E-state index is 0.362. The maximum atomic E-state index is 4.55. The molecule has 0 spiro atoms. The van der Waals surface area contributed by atoms with Crippen LogP contribution >= 0.6 is 0 Å². The van der Waals surface area contributed by atoms with Crippen molar-refractivity contribution in [3.05, 3.63) is 41.1 Å². The van der Waals surface area contributed by atoms with Crippen LogP contribution in [0, 0.1) is 20.8 Å². The van der Waals surface area contributed by atoms with Crippen LogP contribution in [0.3, 0.4) is 0 Å². The summed E-state index contributed by atoms with van der Waals surface area (Å²) in [4.78, 5) is 8.98. The third kappa shape index (κ3) is 4.18. The molecule has 0 radical (unpaired) electrons. The van der Waals surface area contributed by atoms with Gasteiger partial charge in [0.05, 0.1) is 0 Å². The normalized spacial score (nSPS) is 12.0. The number of aromatic nitrogens is 2. The molecule has 2 rings (SSSR count). The van der Waals surface area contributed by atoms with Gasteiger partial charge in [-0.05, 0) is 45.7 Å². The fourth-order valence-corrected chi connectivity index (χ4v) is 2.11. The summed E-state index contributed by atoms with van der Waals surface area (Å²) < 4.78 is 0. The van der Waals surface area contributed by atoms with Gasteiger partial charge in [-0.2, -0.15) is 4.98 Å². The van der Waals surface area contributed by atoms with Crippen molar-refractivity contribution in [3.8, 4) is 0 Å². The Balaban J connectivity index is 2.23. The van der Waals surface area contributed by atoms with Crippen LogP contribution in [-0.4, -0.2) is 16.0 Å². The maximum Gasteiger partial charge on any atom is 0.225 e. The van der Waals surface area contributed by atoms with E-state index in [0.29, 0.717) is 12.0 Å². The minimum absolute atomic E-state index is 0.362. The summed E-state index contributed by atoms with van der Waals surface area (Å²) in [5.41, 5.74) is 4.50. The summed E-state index contributed by atoms with van der Waals surface area (Å²) in [6.45, 7) is 10.4. The van der Waals surface area contributed by atoms with E-state index in [1.807, 2.05) is 13.0 Å². The van der Waals surface area contributed by atoms with Crippen molar-refractivity contribution in [2.24, 2.45) is 0 Å². The monoisotopic (exact) mass is 284 g/mol. The molecule has 2 N–H and O–H groups in total. The van der Waals surface area contributed by atoms with Gasteiger partial charge in [-0.25, -0.2) is 4.98 Å². The van der Waals surface area contributed by atoms with Gasteiger partial charge in [-0.3, -0.25) is 0 Å². The molecule has 0 aliphatic carbocycles. The van der Waals surface area contributed by atoms with Gasteiger partial charge in [-0.15, -0.1) is 0 Å². The summed E-state index contributed by atoms with van der Waals surface area (Å²) in [5, 5.41) is 6.70. The van der Waals surface area contributed by atoms with E-state index >= 15 is 0 Å². The van der Waals surface area contributed by atoms with Gasteiger partial charge in [-0.1, -0.05) is 24.6 Å². The first-order chi connectivity index (χ1) is 9.97. The Bertz CT molecular complexity index is 622. The SMILES string of the molecule is CCC(C)Nc1nc(C)cc(Nc2ccc(C)cc2C)n1. The number of anilines is 3. The molecule has 112 valence electrons. The lowest BCUT2D eigenvalue weighted by molar-refractivity contribution is 0.752. The zero-order valence-electron chi connectivity index (χ0n) is 13.5. The van der Waals surface area contributed by atoms with E-state index in [0.717, 1.165) is 23.6 Å². The highest BCUT2D eigenvalue weighted by molar-refractivity contribution is 5.61. The fraction of sp³-hybridized carbons (Fsp3) is 0.412. The van der Waals surface area contributed by atoms with Gasteiger partial charge < -0.3 is 10.6 Å². The van der Waals surface area contributed by atoms with E-state index in [-0.39, 0.29) is 0 Å². The first kappa shape index (κ1) is 15.3. The molecule has 21 heavy (non-hydrogen) atoms. The molecule has 1 aromatic heterocycles. The second-order valence-electron chi connectivity index (χ2n) is 5.62. The Morgan fingerprint density at radius 3 is 2.52 bits per heavy atom. The second kappa shape index (κ2) is 6.57. The van der Waals surface area contributed by atoms with Crippen LogP contribution in [0.2, 0.25) is 0 Å². The van der Waals surface area contributed by atoms with E-state index < -0.39 is 0 Å². The van der Waals surface area contributed by atoms with Crippen molar-refractivity contribution in [1.82, 2.24) is 9.97 Å². The predicted octanol–water partition coefficient (Wildman–Crippen LogP) is 4.36. The van der Waals surface area contributed by atoms with Gasteiger partial charge in [0.1, 0.15) is 5.82 Å². The van der Waals surface area contributed by atoms with Gasteiger partial charge >= 0.3 is 0 Å². The number of hydrogen-bond acceptors (Lipinski definition) is 4. The lowest BCUT2D eigenvalue weighted by atomic mass is 10.1. The standard InChI is InChI=1S/C17H24N4/c1-6-13(4)18-17-19-14(5)10-16(21-17)20-15-8-7-11(2)9-12(15)3/h7-10,13H,6H2,1-5H3,(H2,18,19,20,21). The van der Waals surface area contributed by atoms with Crippen LogP contribution in [0.1, 0.15) is 37.1 Å². The van der Waals surface area contributed by atoms with E-state index in [1.54, 1.807) is 0 Å². The molecule has 0 saturated carbocycles. The van der Waals surface area contributed by atoms with Crippen LogP contribution in [0.4, 0.5) is 17.5 Å².